The van der Waals surface area contributed by atoms with Gasteiger partial charge in [0.05, 0.1) is 4.58 Å². The molecule has 2 atom stereocenters. The van der Waals surface area contributed by atoms with E-state index in [4.69, 9.17) is 4.74 Å². The first-order valence-electron chi connectivity index (χ1n) is 5.39. The van der Waals surface area contributed by atoms with Crippen molar-refractivity contribution in [1.82, 2.24) is 0 Å². The van der Waals surface area contributed by atoms with Crippen LogP contribution in [0.2, 0.25) is 0 Å². The lowest BCUT2D eigenvalue weighted by molar-refractivity contribution is -0.137. The molecule has 0 N–H and O–H groups in total. The Morgan fingerprint density at radius 2 is 1.93 bits per heavy atom. The smallest absolute Gasteiger partial charge is 0.330 e. The predicted octanol–water partition coefficient (Wildman–Crippen LogP) is 2.83. The number of carbonyl (C=O) groups excluding carboxylic acids is 1. The third-order valence-corrected chi connectivity index (χ3v) is 6.37. The van der Waals surface area contributed by atoms with Gasteiger partial charge in [0.1, 0.15) is 6.61 Å². The van der Waals surface area contributed by atoms with Gasteiger partial charge in [0, 0.05) is 16.6 Å². The maximum absolute atomic E-state index is 10.9. The summed E-state index contributed by atoms with van der Waals surface area (Å²) in [6.07, 6.45) is 6.65. The molecule has 0 aromatic heterocycles. The minimum atomic E-state index is -0.300. The van der Waals surface area contributed by atoms with E-state index in [-0.39, 0.29) is 5.97 Å². The van der Waals surface area contributed by atoms with Crippen LogP contribution >= 0.6 is 23.5 Å². The van der Waals surface area contributed by atoms with Gasteiger partial charge in [-0.3, -0.25) is 0 Å². The summed E-state index contributed by atoms with van der Waals surface area (Å²) in [6.45, 7) is 3.92. The number of ether oxygens (including phenoxy) is 1. The third kappa shape index (κ3) is 2.94. The molecule has 1 aliphatic heterocycles. The number of hydrogen-bond acceptors (Lipinski definition) is 4. The first-order valence-corrected chi connectivity index (χ1v) is 7.28. The molecule has 1 saturated heterocycles. The van der Waals surface area contributed by atoms with Crippen LogP contribution in [0.3, 0.4) is 0 Å². The quantitative estimate of drug-likeness (QED) is 0.563. The van der Waals surface area contributed by atoms with E-state index in [0.717, 1.165) is 10.5 Å². The van der Waals surface area contributed by atoms with E-state index in [2.05, 4.69) is 6.58 Å². The molecular weight excluding hydrogens is 228 g/mol. The highest BCUT2D eigenvalue weighted by molar-refractivity contribution is 8.20. The minimum absolute atomic E-state index is 0.300. The number of fused-ring (bicyclic) bond motifs is 1. The molecule has 15 heavy (non-hydrogen) atoms. The van der Waals surface area contributed by atoms with Gasteiger partial charge in [0.25, 0.3) is 0 Å². The van der Waals surface area contributed by atoms with Crippen LogP contribution in [-0.4, -0.2) is 27.7 Å². The second-order valence-corrected chi connectivity index (χ2v) is 7.09. The normalized spacial score (nSPS) is 34.5. The van der Waals surface area contributed by atoms with E-state index in [1.165, 1.54) is 31.8 Å². The summed E-state index contributed by atoms with van der Waals surface area (Å²) in [5, 5.41) is 1.60. The van der Waals surface area contributed by atoms with Crippen LogP contribution in [0.25, 0.3) is 0 Å². The number of esters is 1. The van der Waals surface area contributed by atoms with Gasteiger partial charge in [-0.25, -0.2) is 4.79 Å². The van der Waals surface area contributed by atoms with Gasteiger partial charge >= 0.3 is 5.97 Å². The van der Waals surface area contributed by atoms with Crippen molar-refractivity contribution in [3.63, 3.8) is 0 Å². The lowest BCUT2D eigenvalue weighted by Gasteiger charge is -2.22. The first kappa shape index (κ1) is 11.4. The molecule has 2 unspecified atom stereocenters. The van der Waals surface area contributed by atoms with Gasteiger partial charge in [-0.1, -0.05) is 19.4 Å². The maximum atomic E-state index is 10.9. The molecule has 2 rings (SSSR count). The van der Waals surface area contributed by atoms with Crippen LogP contribution in [0.1, 0.15) is 25.7 Å². The van der Waals surface area contributed by atoms with Crippen molar-refractivity contribution < 1.29 is 9.53 Å². The van der Waals surface area contributed by atoms with Crippen LogP contribution in [-0.2, 0) is 9.53 Å². The topological polar surface area (TPSA) is 26.3 Å². The fourth-order valence-electron chi connectivity index (χ4n) is 2.08. The van der Waals surface area contributed by atoms with Gasteiger partial charge in [0.15, 0.2) is 0 Å². The van der Waals surface area contributed by atoms with E-state index < -0.39 is 0 Å². The second kappa shape index (κ2) is 5.30. The van der Waals surface area contributed by atoms with E-state index in [1.54, 1.807) is 0 Å². The van der Waals surface area contributed by atoms with Gasteiger partial charge in [0.2, 0.25) is 0 Å². The Labute approximate surface area is 99.2 Å². The summed E-state index contributed by atoms with van der Waals surface area (Å²) in [5.41, 5.74) is 0. The Balaban J connectivity index is 1.76. The molecule has 0 amide bonds. The molecule has 1 aliphatic carbocycles. The number of hydrogen-bond donors (Lipinski definition) is 0. The van der Waals surface area contributed by atoms with Crippen molar-refractivity contribution in [1.29, 1.82) is 0 Å². The van der Waals surface area contributed by atoms with Crippen LogP contribution in [0.15, 0.2) is 12.7 Å². The zero-order chi connectivity index (χ0) is 10.7. The predicted molar refractivity (Wildman–Crippen MR) is 66.2 cm³/mol. The molecule has 2 fully saturated rings. The summed E-state index contributed by atoms with van der Waals surface area (Å²) >= 11 is 4.00. The average molecular weight is 244 g/mol. The maximum Gasteiger partial charge on any atom is 0.330 e. The van der Waals surface area contributed by atoms with E-state index >= 15 is 0 Å². The molecular formula is C11H16O2S2. The molecule has 2 nitrogen and oxygen atoms in total. The molecule has 0 spiro atoms. The van der Waals surface area contributed by atoms with Crippen LogP contribution in [0, 0.1) is 0 Å². The second-order valence-electron chi connectivity index (χ2n) is 3.90. The Kier molecular flexibility index (Phi) is 4.03. The van der Waals surface area contributed by atoms with Crippen molar-refractivity contribution in [2.45, 2.75) is 40.8 Å². The summed E-state index contributed by atoms with van der Waals surface area (Å²) in [4.78, 5) is 10.9. The van der Waals surface area contributed by atoms with Crippen LogP contribution < -0.4 is 0 Å². The Bertz CT molecular complexity index is 241. The molecule has 0 bridgehead atoms. The summed E-state index contributed by atoms with van der Waals surface area (Å²) in [7, 11) is 0. The Hall–Kier alpha value is -0.0900. The van der Waals surface area contributed by atoms with Crippen molar-refractivity contribution in [2.24, 2.45) is 0 Å². The van der Waals surface area contributed by atoms with Crippen LogP contribution in [0.5, 0.6) is 0 Å². The van der Waals surface area contributed by atoms with Gasteiger partial charge in [-0.15, -0.1) is 23.5 Å². The molecule has 0 radical (unpaired) electrons. The Morgan fingerprint density at radius 3 is 2.47 bits per heavy atom. The molecule has 4 heteroatoms. The first-order chi connectivity index (χ1) is 7.29. The lowest BCUT2D eigenvalue weighted by atomic mass is 10.00. The highest BCUT2D eigenvalue weighted by Crippen LogP contribution is 2.49. The summed E-state index contributed by atoms with van der Waals surface area (Å²) in [6, 6.07) is 0. The van der Waals surface area contributed by atoms with Crippen molar-refractivity contribution in [3.05, 3.63) is 12.7 Å². The minimum Gasteiger partial charge on any atom is -0.460 e. The van der Waals surface area contributed by atoms with E-state index in [0.29, 0.717) is 11.2 Å². The molecule has 2 aliphatic rings. The van der Waals surface area contributed by atoms with E-state index in [1.807, 2.05) is 23.5 Å². The summed E-state index contributed by atoms with van der Waals surface area (Å²) < 4.78 is 5.53. The highest BCUT2D eigenvalue weighted by atomic mass is 32.2. The summed E-state index contributed by atoms with van der Waals surface area (Å²) in [5.74, 6) is -0.300. The molecule has 1 saturated carbocycles. The van der Waals surface area contributed by atoms with Gasteiger partial charge < -0.3 is 4.74 Å². The zero-order valence-corrected chi connectivity index (χ0v) is 10.3. The fourth-order valence-corrected chi connectivity index (χ4v) is 5.88. The number of rotatable bonds is 3. The number of carbonyl (C=O) groups is 1. The largest absolute Gasteiger partial charge is 0.460 e. The van der Waals surface area contributed by atoms with E-state index in [9.17, 15) is 4.79 Å². The molecule has 0 aromatic carbocycles. The molecule has 0 aromatic rings. The highest BCUT2D eigenvalue weighted by Gasteiger charge is 2.37. The van der Waals surface area contributed by atoms with Crippen LogP contribution in [0.4, 0.5) is 0 Å². The molecule has 84 valence electrons. The fraction of sp³-hybridized carbons (Fsp3) is 0.727. The van der Waals surface area contributed by atoms with Crippen molar-refractivity contribution in [2.75, 3.05) is 6.61 Å². The Morgan fingerprint density at radius 1 is 1.33 bits per heavy atom. The average Bonchev–Trinajstić information content (AvgIpc) is 2.68. The van der Waals surface area contributed by atoms with Crippen molar-refractivity contribution in [3.8, 4) is 0 Å². The molecule has 1 heterocycles. The monoisotopic (exact) mass is 244 g/mol. The lowest BCUT2D eigenvalue weighted by Crippen LogP contribution is -2.19. The van der Waals surface area contributed by atoms with Gasteiger partial charge in [-0.05, 0) is 12.8 Å². The van der Waals surface area contributed by atoms with Crippen molar-refractivity contribution >= 4 is 29.5 Å². The number of thioether (sulfide) groups is 2. The standard InChI is InChI=1S/C11H16O2S2/c1-2-10(12)13-7-11-14-8-5-3-4-6-9(8)15-11/h2,8-9,11H,1,3-7H2. The third-order valence-electron chi connectivity index (χ3n) is 2.82. The van der Waals surface area contributed by atoms with Gasteiger partial charge in [-0.2, -0.15) is 0 Å². The zero-order valence-electron chi connectivity index (χ0n) is 8.69. The SMILES string of the molecule is C=CC(=O)OCC1SC2CCCCC2S1.